The number of carbonyl (C=O) groups is 1. The number of amides is 1. The van der Waals surface area contributed by atoms with Gasteiger partial charge in [-0.15, -0.1) is 0 Å². The van der Waals surface area contributed by atoms with Gasteiger partial charge in [-0.05, 0) is 50.2 Å². The lowest BCUT2D eigenvalue weighted by atomic mass is 10.0. The van der Waals surface area contributed by atoms with Gasteiger partial charge in [0.15, 0.2) is 11.5 Å². The van der Waals surface area contributed by atoms with Crippen molar-refractivity contribution in [3.63, 3.8) is 0 Å². The fourth-order valence-corrected chi connectivity index (χ4v) is 3.50. The predicted octanol–water partition coefficient (Wildman–Crippen LogP) is 4.02. The molecule has 0 aliphatic rings. The maximum Gasteiger partial charge on any atom is 0.272 e. The van der Waals surface area contributed by atoms with Crippen molar-refractivity contribution < 1.29 is 14.3 Å². The first kappa shape index (κ1) is 21.0. The lowest BCUT2D eigenvalue weighted by molar-refractivity contribution is 0.0956. The van der Waals surface area contributed by atoms with Crippen molar-refractivity contribution in [1.82, 2.24) is 20.6 Å². The van der Waals surface area contributed by atoms with Gasteiger partial charge >= 0.3 is 0 Å². The fraction of sp³-hybridized carbons (Fsp3) is 0.167. The Morgan fingerprint density at radius 2 is 1.88 bits per heavy atom. The number of nitrogens with one attached hydrogen (secondary N) is 2. The minimum Gasteiger partial charge on any atom is -0.493 e. The van der Waals surface area contributed by atoms with Crippen molar-refractivity contribution in [3.05, 3.63) is 71.0 Å². The number of hydrogen-bond donors (Lipinski definition) is 2. The monoisotopic (exact) mass is 429 g/mol. The summed E-state index contributed by atoms with van der Waals surface area (Å²) in [7, 11) is 3.17. The zero-order valence-electron chi connectivity index (χ0n) is 18.3. The molecule has 0 saturated heterocycles. The Morgan fingerprint density at radius 3 is 2.66 bits per heavy atom. The maximum atomic E-state index is 12.9. The molecule has 0 atom stereocenters. The van der Waals surface area contributed by atoms with E-state index in [0.717, 1.165) is 33.4 Å². The summed E-state index contributed by atoms with van der Waals surface area (Å²) in [5, 5.41) is 12.0. The normalized spacial score (nSPS) is 11.1. The number of aromatic nitrogens is 3. The summed E-state index contributed by atoms with van der Waals surface area (Å²) in [5.41, 5.74) is 8.03. The molecule has 2 heterocycles. The van der Waals surface area contributed by atoms with E-state index in [-0.39, 0.29) is 5.91 Å². The molecule has 0 fully saturated rings. The van der Waals surface area contributed by atoms with Gasteiger partial charge in [0.2, 0.25) is 0 Å². The van der Waals surface area contributed by atoms with Crippen molar-refractivity contribution in [3.8, 4) is 22.8 Å². The largest absolute Gasteiger partial charge is 0.493 e. The zero-order valence-corrected chi connectivity index (χ0v) is 18.3. The van der Waals surface area contributed by atoms with Gasteiger partial charge in [0.1, 0.15) is 0 Å². The highest BCUT2D eigenvalue weighted by Crippen LogP contribution is 2.32. The molecule has 162 valence electrons. The van der Waals surface area contributed by atoms with E-state index in [1.807, 2.05) is 50.2 Å². The van der Waals surface area contributed by atoms with Crippen LogP contribution in [0.15, 0.2) is 53.8 Å². The van der Waals surface area contributed by atoms with Crippen LogP contribution < -0.4 is 14.9 Å². The molecule has 0 bridgehead atoms. The summed E-state index contributed by atoms with van der Waals surface area (Å²) < 4.78 is 10.7. The third-order valence-electron chi connectivity index (χ3n) is 5.05. The van der Waals surface area contributed by atoms with Crippen LogP contribution in [0.5, 0.6) is 11.5 Å². The standard InChI is InChI=1S/C24H23N5O3/c1-14-5-7-20-18(9-14)19(10-15(2)27-20)24(30)29-26-13-17-12-25-28-23(17)16-6-8-21(31-3)22(11-16)32-4/h5-13H,1-4H3,(H,25,28)(H,29,30)/b26-13+. The molecule has 0 aliphatic carbocycles. The molecule has 32 heavy (non-hydrogen) atoms. The molecule has 0 unspecified atom stereocenters. The van der Waals surface area contributed by atoms with Crippen LogP contribution in [-0.2, 0) is 0 Å². The molecule has 8 nitrogen and oxygen atoms in total. The Balaban J connectivity index is 1.58. The molecule has 0 saturated carbocycles. The van der Waals surface area contributed by atoms with Crippen LogP contribution in [0.4, 0.5) is 0 Å². The number of hydrogen-bond acceptors (Lipinski definition) is 6. The van der Waals surface area contributed by atoms with Crippen LogP contribution in [0, 0.1) is 13.8 Å². The molecule has 2 aromatic heterocycles. The summed E-state index contributed by atoms with van der Waals surface area (Å²) in [6.45, 7) is 3.84. The molecule has 2 N–H and O–H groups in total. The molecule has 8 heteroatoms. The van der Waals surface area contributed by atoms with E-state index in [1.165, 1.54) is 0 Å². The molecule has 4 rings (SSSR count). The number of aromatic amines is 1. The van der Waals surface area contributed by atoms with E-state index in [1.54, 1.807) is 32.7 Å². The van der Waals surface area contributed by atoms with Crippen LogP contribution in [0.1, 0.15) is 27.2 Å². The number of aryl methyl sites for hydroxylation is 2. The number of rotatable bonds is 6. The van der Waals surface area contributed by atoms with Gasteiger partial charge in [0.05, 0.1) is 43.4 Å². The highest BCUT2D eigenvalue weighted by molar-refractivity contribution is 6.06. The Kier molecular flexibility index (Phi) is 5.85. The van der Waals surface area contributed by atoms with E-state index >= 15 is 0 Å². The first-order valence-electron chi connectivity index (χ1n) is 9.97. The van der Waals surface area contributed by atoms with Crippen LogP contribution >= 0.6 is 0 Å². The first-order chi connectivity index (χ1) is 15.5. The number of benzene rings is 2. The molecular weight excluding hydrogens is 406 g/mol. The highest BCUT2D eigenvalue weighted by atomic mass is 16.5. The Bertz CT molecular complexity index is 1330. The number of carbonyl (C=O) groups excluding carboxylic acids is 1. The third-order valence-corrected chi connectivity index (χ3v) is 5.05. The number of pyridine rings is 1. The zero-order chi connectivity index (χ0) is 22.7. The van der Waals surface area contributed by atoms with E-state index in [9.17, 15) is 4.79 Å². The fourth-order valence-electron chi connectivity index (χ4n) is 3.50. The number of hydrazone groups is 1. The van der Waals surface area contributed by atoms with Gasteiger partial charge < -0.3 is 9.47 Å². The van der Waals surface area contributed by atoms with Gasteiger partial charge in [0.25, 0.3) is 5.91 Å². The summed E-state index contributed by atoms with van der Waals surface area (Å²) in [6.07, 6.45) is 3.19. The predicted molar refractivity (Wildman–Crippen MR) is 123 cm³/mol. The van der Waals surface area contributed by atoms with E-state index < -0.39 is 0 Å². The van der Waals surface area contributed by atoms with Crippen LogP contribution in [0.2, 0.25) is 0 Å². The smallest absolute Gasteiger partial charge is 0.272 e. The third kappa shape index (κ3) is 4.15. The van der Waals surface area contributed by atoms with Gasteiger partial charge in [-0.2, -0.15) is 10.2 Å². The number of fused-ring (bicyclic) bond motifs is 1. The molecule has 0 spiro atoms. The Morgan fingerprint density at radius 1 is 1.06 bits per heavy atom. The first-order valence-corrected chi connectivity index (χ1v) is 9.97. The van der Waals surface area contributed by atoms with Crippen molar-refractivity contribution in [2.75, 3.05) is 14.2 Å². The van der Waals surface area contributed by atoms with Crippen molar-refractivity contribution in [2.45, 2.75) is 13.8 Å². The lowest BCUT2D eigenvalue weighted by Gasteiger charge is -2.09. The summed E-state index contributed by atoms with van der Waals surface area (Å²) in [6, 6.07) is 13.2. The van der Waals surface area contributed by atoms with E-state index in [4.69, 9.17) is 9.47 Å². The molecule has 0 aliphatic heterocycles. The Labute approximate surface area is 185 Å². The summed E-state index contributed by atoms with van der Waals surface area (Å²) in [5.74, 6) is 0.929. The number of H-pyrrole nitrogens is 1. The van der Waals surface area contributed by atoms with Gasteiger partial charge in [0, 0.05) is 22.2 Å². The van der Waals surface area contributed by atoms with Crippen molar-refractivity contribution in [2.24, 2.45) is 5.10 Å². The van der Waals surface area contributed by atoms with Gasteiger partial charge in [-0.1, -0.05) is 11.6 Å². The van der Waals surface area contributed by atoms with E-state index in [0.29, 0.717) is 22.6 Å². The van der Waals surface area contributed by atoms with Crippen LogP contribution in [-0.4, -0.2) is 41.5 Å². The molecule has 0 radical (unpaired) electrons. The van der Waals surface area contributed by atoms with Crippen molar-refractivity contribution in [1.29, 1.82) is 0 Å². The SMILES string of the molecule is COc1ccc(-c2[nH]ncc2/C=N/NC(=O)c2cc(C)nc3ccc(C)cc23)cc1OC. The molecule has 4 aromatic rings. The second kappa shape index (κ2) is 8.89. The quantitative estimate of drug-likeness (QED) is 0.356. The number of nitrogens with zero attached hydrogens (tertiary/aromatic N) is 3. The highest BCUT2D eigenvalue weighted by Gasteiger charge is 2.13. The lowest BCUT2D eigenvalue weighted by Crippen LogP contribution is -2.18. The maximum absolute atomic E-state index is 12.9. The summed E-state index contributed by atoms with van der Waals surface area (Å²) in [4.78, 5) is 17.4. The minimum absolute atomic E-state index is 0.307. The van der Waals surface area contributed by atoms with Gasteiger partial charge in [-0.3, -0.25) is 14.9 Å². The van der Waals surface area contributed by atoms with Crippen LogP contribution in [0.25, 0.3) is 22.2 Å². The second-order valence-electron chi connectivity index (χ2n) is 7.30. The average Bonchev–Trinajstić information content (AvgIpc) is 3.26. The van der Waals surface area contributed by atoms with E-state index in [2.05, 4.69) is 25.7 Å². The number of ether oxygens (including phenoxy) is 2. The second-order valence-corrected chi connectivity index (χ2v) is 7.30. The van der Waals surface area contributed by atoms with Gasteiger partial charge in [-0.25, -0.2) is 5.43 Å². The average molecular weight is 429 g/mol. The minimum atomic E-state index is -0.307. The Hall–Kier alpha value is -4.20. The molecular formula is C24H23N5O3. The van der Waals surface area contributed by atoms with Crippen molar-refractivity contribution >= 4 is 23.0 Å². The number of methoxy groups -OCH3 is 2. The topological polar surface area (TPSA) is 101 Å². The summed E-state index contributed by atoms with van der Waals surface area (Å²) >= 11 is 0. The molecule has 2 aromatic carbocycles. The van der Waals surface area contributed by atoms with Crippen LogP contribution in [0.3, 0.4) is 0 Å². The molecule has 1 amide bonds.